The molecule has 0 aliphatic rings. The van der Waals surface area contributed by atoms with Crippen LogP contribution in [0.2, 0.25) is 0 Å². The zero-order valence-electron chi connectivity index (χ0n) is 17.2. The van der Waals surface area contributed by atoms with E-state index in [1.807, 2.05) is 0 Å². The van der Waals surface area contributed by atoms with Gasteiger partial charge in [0.05, 0.1) is 11.9 Å². The zero-order valence-corrected chi connectivity index (χ0v) is 14.2. The van der Waals surface area contributed by atoms with Crippen LogP contribution >= 0.6 is 0 Å². The minimum absolute atomic E-state index is 0.377. The molecule has 0 radical (unpaired) electrons. The third kappa shape index (κ3) is 2.76. The molecular weight excluding hydrogens is 333 g/mol. The maximum atomic E-state index is 13.4. The van der Waals surface area contributed by atoms with Crippen molar-refractivity contribution in [1.29, 1.82) is 0 Å². The quantitative estimate of drug-likeness (QED) is 0.614. The van der Waals surface area contributed by atoms with E-state index in [0.29, 0.717) is 33.7 Å². The Morgan fingerprint density at radius 2 is 1.88 bits per heavy atom. The van der Waals surface area contributed by atoms with Crippen molar-refractivity contribution in [2.24, 2.45) is 6.98 Å². The van der Waals surface area contributed by atoms with Gasteiger partial charge in [-0.25, -0.2) is 13.9 Å². The van der Waals surface area contributed by atoms with Crippen LogP contribution in [-0.4, -0.2) is 29.5 Å². The van der Waals surface area contributed by atoms with Gasteiger partial charge in [0, 0.05) is 40.2 Å². The lowest BCUT2D eigenvalue weighted by Crippen LogP contribution is -2.15. The van der Waals surface area contributed by atoms with Crippen molar-refractivity contribution in [3.63, 3.8) is 0 Å². The lowest BCUT2D eigenvalue weighted by atomic mass is 10.0. The van der Waals surface area contributed by atoms with Crippen molar-refractivity contribution < 1.29 is 13.6 Å². The van der Waals surface area contributed by atoms with Crippen molar-refractivity contribution in [3.8, 4) is 22.4 Å². The topological polar surface area (TPSA) is 68.2 Å². The van der Waals surface area contributed by atoms with Crippen LogP contribution in [0.5, 0.6) is 0 Å². The predicted octanol–water partition coefficient (Wildman–Crippen LogP) is 3.16. The average molecular weight is 354 g/mol. The van der Waals surface area contributed by atoms with Gasteiger partial charge in [-0.05, 0) is 44.2 Å². The fourth-order valence-electron chi connectivity index (χ4n) is 2.79. The Kier molecular flexibility index (Phi) is 2.91. The van der Waals surface area contributed by atoms with Gasteiger partial charge in [0.2, 0.25) is 0 Å². The Morgan fingerprint density at radius 1 is 1.12 bits per heavy atom. The zero-order chi connectivity index (χ0) is 21.0. The molecule has 0 bridgehead atoms. The molecule has 3 aromatic heterocycles. The Balaban J connectivity index is 1.98. The van der Waals surface area contributed by atoms with Crippen LogP contribution in [0.3, 0.4) is 0 Å². The van der Waals surface area contributed by atoms with Gasteiger partial charge in [0.25, 0.3) is 0 Å². The number of imidazole rings is 1. The van der Waals surface area contributed by atoms with E-state index in [2.05, 4.69) is 15.2 Å². The number of hydrogen-bond donors (Lipinski definition) is 1. The fourth-order valence-corrected chi connectivity index (χ4v) is 2.79. The largest absolute Gasteiger partial charge is 0.384 e. The number of rotatable bonds is 3. The SMILES string of the molecule is [2H]C([2H])([2H])n1cc(-c2ccnn3cc(C(C)(C)O)nc23)c(-c2ccc(F)cc2)n1. The van der Waals surface area contributed by atoms with Gasteiger partial charge < -0.3 is 5.11 Å². The number of aryl methyl sites for hydroxylation is 1. The summed E-state index contributed by atoms with van der Waals surface area (Å²) in [7, 11) is 0. The minimum atomic E-state index is -2.48. The summed E-state index contributed by atoms with van der Waals surface area (Å²) >= 11 is 0. The smallest absolute Gasteiger partial charge is 0.161 e. The first-order chi connectivity index (χ1) is 13.5. The minimum Gasteiger partial charge on any atom is -0.384 e. The molecule has 0 spiro atoms. The highest BCUT2D eigenvalue weighted by Crippen LogP contribution is 2.33. The first-order valence-corrected chi connectivity index (χ1v) is 7.98. The lowest BCUT2D eigenvalue weighted by molar-refractivity contribution is 0.0744. The van der Waals surface area contributed by atoms with E-state index in [9.17, 15) is 9.50 Å². The van der Waals surface area contributed by atoms with Crippen LogP contribution in [0.4, 0.5) is 4.39 Å². The van der Waals surface area contributed by atoms with Crippen LogP contribution in [0.1, 0.15) is 23.7 Å². The van der Waals surface area contributed by atoms with E-state index < -0.39 is 18.4 Å². The van der Waals surface area contributed by atoms with Crippen LogP contribution in [0, 0.1) is 5.82 Å². The molecule has 7 heteroatoms. The third-order valence-corrected chi connectivity index (χ3v) is 4.11. The number of hydrogen-bond acceptors (Lipinski definition) is 4. The maximum Gasteiger partial charge on any atom is 0.161 e. The molecule has 4 aromatic rings. The van der Waals surface area contributed by atoms with Crippen LogP contribution < -0.4 is 0 Å². The molecule has 6 nitrogen and oxygen atoms in total. The highest BCUT2D eigenvalue weighted by molar-refractivity contribution is 5.87. The van der Waals surface area contributed by atoms with Crippen LogP contribution in [-0.2, 0) is 12.6 Å². The van der Waals surface area contributed by atoms with Gasteiger partial charge in [-0.2, -0.15) is 10.2 Å². The molecule has 0 fully saturated rings. The number of benzene rings is 1. The standard InChI is InChI=1S/C19H18FN5O/c1-19(2,26)16-11-25-18(22-16)14(8-9-21-25)15-10-24(3)23-17(15)12-4-6-13(20)7-5-12/h4-11,26H,1-3H3/i3D3. The number of fused-ring (bicyclic) bond motifs is 1. The van der Waals surface area contributed by atoms with Crippen LogP contribution in [0.25, 0.3) is 28.0 Å². The third-order valence-electron chi connectivity index (χ3n) is 4.11. The Hall–Kier alpha value is -3.06. The Labute approximate surface area is 153 Å². The second-order valence-corrected chi connectivity index (χ2v) is 6.54. The Morgan fingerprint density at radius 3 is 2.58 bits per heavy atom. The fraction of sp³-hybridized carbons (Fsp3) is 0.211. The summed E-state index contributed by atoms with van der Waals surface area (Å²) in [6.07, 6.45) is 4.59. The highest BCUT2D eigenvalue weighted by Gasteiger charge is 2.23. The van der Waals surface area contributed by atoms with Crippen molar-refractivity contribution in [3.05, 3.63) is 60.4 Å². The normalized spacial score (nSPS) is 14.2. The van der Waals surface area contributed by atoms with E-state index in [0.717, 1.165) is 4.68 Å². The summed E-state index contributed by atoms with van der Waals surface area (Å²) in [5.41, 5.74) is 1.73. The van der Waals surface area contributed by atoms with Gasteiger partial charge in [-0.1, -0.05) is 0 Å². The molecule has 0 amide bonds. The van der Waals surface area contributed by atoms with Gasteiger partial charge in [0.1, 0.15) is 17.1 Å². The van der Waals surface area contributed by atoms with Gasteiger partial charge >= 0.3 is 0 Å². The van der Waals surface area contributed by atoms with E-state index in [4.69, 9.17) is 4.11 Å². The molecule has 1 N–H and O–H groups in total. The van der Waals surface area contributed by atoms with Crippen molar-refractivity contribution in [2.45, 2.75) is 19.4 Å². The second-order valence-electron chi connectivity index (χ2n) is 6.54. The molecule has 0 saturated carbocycles. The van der Waals surface area contributed by atoms with Gasteiger partial charge in [-0.15, -0.1) is 0 Å². The van der Waals surface area contributed by atoms with Gasteiger partial charge in [0.15, 0.2) is 5.65 Å². The van der Waals surface area contributed by atoms with E-state index >= 15 is 0 Å². The molecule has 26 heavy (non-hydrogen) atoms. The van der Waals surface area contributed by atoms with Crippen molar-refractivity contribution >= 4 is 5.65 Å². The molecule has 0 saturated heterocycles. The van der Waals surface area contributed by atoms with E-state index in [-0.39, 0.29) is 0 Å². The molecular formula is C19H18FN5O. The molecule has 0 atom stereocenters. The van der Waals surface area contributed by atoms with E-state index in [1.165, 1.54) is 35.0 Å². The predicted molar refractivity (Wildman–Crippen MR) is 95.8 cm³/mol. The summed E-state index contributed by atoms with van der Waals surface area (Å²) in [6, 6.07) is 7.36. The maximum absolute atomic E-state index is 13.4. The molecule has 132 valence electrons. The first-order valence-electron chi connectivity index (χ1n) is 9.48. The molecule has 0 unspecified atom stereocenters. The highest BCUT2D eigenvalue weighted by atomic mass is 19.1. The number of aliphatic hydroxyl groups is 1. The summed E-state index contributed by atoms with van der Waals surface area (Å²) in [4.78, 5) is 4.49. The van der Waals surface area contributed by atoms with Crippen molar-refractivity contribution in [2.75, 3.05) is 0 Å². The summed E-state index contributed by atoms with van der Waals surface area (Å²) < 4.78 is 38.9. The number of halogens is 1. The second kappa shape index (κ2) is 5.74. The summed E-state index contributed by atoms with van der Waals surface area (Å²) in [5, 5.41) is 18.8. The average Bonchev–Trinajstić information content (AvgIpc) is 3.26. The first kappa shape index (κ1) is 13.2. The number of nitrogens with zero attached hydrogens (tertiary/aromatic N) is 5. The monoisotopic (exact) mass is 354 g/mol. The molecule has 0 aliphatic heterocycles. The Bertz CT molecular complexity index is 1190. The summed E-state index contributed by atoms with van der Waals surface area (Å²) in [5.74, 6) is -0.403. The van der Waals surface area contributed by atoms with E-state index in [1.54, 1.807) is 32.3 Å². The molecule has 1 aromatic carbocycles. The molecule has 3 heterocycles. The molecule has 4 rings (SSSR count). The number of aromatic nitrogens is 5. The van der Waals surface area contributed by atoms with Crippen LogP contribution in [0.15, 0.2) is 48.9 Å². The lowest BCUT2D eigenvalue weighted by Gasteiger charge is -2.12. The van der Waals surface area contributed by atoms with Crippen molar-refractivity contribution in [1.82, 2.24) is 24.4 Å². The molecule has 0 aliphatic carbocycles. The van der Waals surface area contributed by atoms with Gasteiger partial charge in [-0.3, -0.25) is 4.68 Å². The summed E-state index contributed by atoms with van der Waals surface area (Å²) in [6.45, 7) is 0.750.